The van der Waals surface area contributed by atoms with Crippen LogP contribution in [-0.4, -0.2) is 16.2 Å². The van der Waals surface area contributed by atoms with Crippen molar-refractivity contribution in [3.63, 3.8) is 0 Å². The SMILES string of the molecule is Clc1cccc(C2CC(Nc3ccc4[nH]ncc4c3)C2)c1. The molecule has 1 saturated carbocycles. The molecule has 2 N–H and O–H groups in total. The molecule has 0 saturated heterocycles. The number of benzene rings is 2. The first-order valence-corrected chi connectivity index (χ1v) is 7.61. The van der Waals surface area contributed by atoms with Gasteiger partial charge in [0.05, 0.1) is 11.7 Å². The van der Waals surface area contributed by atoms with Crippen LogP contribution in [0.5, 0.6) is 0 Å². The van der Waals surface area contributed by atoms with Gasteiger partial charge in [-0.3, -0.25) is 5.10 Å². The summed E-state index contributed by atoms with van der Waals surface area (Å²) in [6.07, 6.45) is 4.17. The molecule has 1 heterocycles. The van der Waals surface area contributed by atoms with Crippen molar-refractivity contribution in [1.82, 2.24) is 10.2 Å². The molecule has 0 aliphatic heterocycles. The standard InChI is InChI=1S/C17H16ClN3/c18-14-3-1-2-11(6-14)12-7-16(8-12)20-15-4-5-17-13(9-15)10-19-21-17/h1-6,9-10,12,16,20H,7-8H2,(H,19,21). The minimum absolute atomic E-state index is 0.540. The van der Waals surface area contributed by atoms with E-state index in [9.17, 15) is 0 Å². The molecule has 1 aliphatic rings. The minimum Gasteiger partial charge on any atom is -0.382 e. The molecule has 4 rings (SSSR count). The van der Waals surface area contributed by atoms with Gasteiger partial charge in [-0.25, -0.2) is 0 Å². The van der Waals surface area contributed by atoms with E-state index in [1.54, 1.807) is 0 Å². The molecule has 1 aliphatic carbocycles. The van der Waals surface area contributed by atoms with Gasteiger partial charge in [0.15, 0.2) is 0 Å². The molecule has 0 atom stereocenters. The summed E-state index contributed by atoms with van der Waals surface area (Å²) in [5, 5.41) is 12.6. The van der Waals surface area contributed by atoms with Gasteiger partial charge in [0.25, 0.3) is 0 Å². The van der Waals surface area contributed by atoms with Crippen LogP contribution in [0.4, 0.5) is 5.69 Å². The van der Waals surface area contributed by atoms with E-state index < -0.39 is 0 Å². The van der Waals surface area contributed by atoms with E-state index in [4.69, 9.17) is 11.6 Å². The van der Waals surface area contributed by atoms with Crippen LogP contribution in [0.3, 0.4) is 0 Å². The lowest BCUT2D eigenvalue weighted by atomic mass is 9.76. The van der Waals surface area contributed by atoms with Crippen molar-refractivity contribution in [2.75, 3.05) is 5.32 Å². The van der Waals surface area contributed by atoms with Gasteiger partial charge in [0.1, 0.15) is 0 Å². The minimum atomic E-state index is 0.540. The zero-order valence-electron chi connectivity index (χ0n) is 11.5. The second-order valence-electron chi connectivity index (χ2n) is 5.74. The molecule has 0 radical (unpaired) electrons. The van der Waals surface area contributed by atoms with E-state index in [-0.39, 0.29) is 0 Å². The monoisotopic (exact) mass is 297 g/mol. The molecule has 21 heavy (non-hydrogen) atoms. The van der Waals surface area contributed by atoms with Crippen LogP contribution in [0.25, 0.3) is 10.9 Å². The average Bonchev–Trinajstić information content (AvgIpc) is 2.89. The van der Waals surface area contributed by atoms with E-state index in [1.807, 2.05) is 18.3 Å². The normalized spacial score (nSPS) is 21.2. The summed E-state index contributed by atoms with van der Waals surface area (Å²) in [7, 11) is 0. The number of aromatic amines is 1. The third-order valence-corrected chi connectivity index (χ3v) is 4.50. The Bertz CT molecular complexity index is 774. The van der Waals surface area contributed by atoms with E-state index in [2.05, 4.69) is 45.8 Å². The van der Waals surface area contributed by atoms with Crippen molar-refractivity contribution >= 4 is 28.2 Å². The van der Waals surface area contributed by atoms with Crippen LogP contribution in [0.2, 0.25) is 5.02 Å². The van der Waals surface area contributed by atoms with Crippen molar-refractivity contribution in [3.8, 4) is 0 Å². The highest BCUT2D eigenvalue weighted by atomic mass is 35.5. The van der Waals surface area contributed by atoms with E-state index in [0.717, 1.165) is 28.8 Å². The number of aromatic nitrogens is 2. The number of H-pyrrole nitrogens is 1. The molecule has 0 bridgehead atoms. The lowest BCUT2D eigenvalue weighted by Crippen LogP contribution is -2.33. The van der Waals surface area contributed by atoms with Crippen LogP contribution < -0.4 is 5.32 Å². The molecule has 2 aromatic carbocycles. The number of hydrogen-bond donors (Lipinski definition) is 2. The Morgan fingerprint density at radius 3 is 2.90 bits per heavy atom. The first kappa shape index (κ1) is 12.7. The summed E-state index contributed by atoms with van der Waals surface area (Å²) >= 11 is 6.06. The predicted molar refractivity (Wildman–Crippen MR) is 86.9 cm³/mol. The molecule has 0 unspecified atom stereocenters. The molecule has 106 valence electrons. The Hall–Kier alpha value is -2.00. The smallest absolute Gasteiger partial charge is 0.0651 e. The molecule has 1 aromatic heterocycles. The third-order valence-electron chi connectivity index (χ3n) is 4.27. The number of nitrogens with zero attached hydrogens (tertiary/aromatic N) is 1. The Morgan fingerprint density at radius 1 is 1.14 bits per heavy atom. The van der Waals surface area contributed by atoms with Crippen LogP contribution >= 0.6 is 11.6 Å². The van der Waals surface area contributed by atoms with Gasteiger partial charge in [-0.1, -0.05) is 23.7 Å². The molecule has 3 nitrogen and oxygen atoms in total. The van der Waals surface area contributed by atoms with Crippen LogP contribution in [0.15, 0.2) is 48.7 Å². The summed E-state index contributed by atoms with van der Waals surface area (Å²) in [4.78, 5) is 0. The molecule has 0 amide bonds. The first-order valence-electron chi connectivity index (χ1n) is 7.23. The van der Waals surface area contributed by atoms with Gasteiger partial charge in [-0.05, 0) is 54.7 Å². The largest absolute Gasteiger partial charge is 0.382 e. The predicted octanol–water partition coefficient (Wildman–Crippen LogP) is 4.57. The maximum atomic E-state index is 6.06. The summed E-state index contributed by atoms with van der Waals surface area (Å²) in [5.74, 6) is 0.624. The Kier molecular flexibility index (Phi) is 3.08. The van der Waals surface area contributed by atoms with Gasteiger partial charge in [-0.15, -0.1) is 0 Å². The number of halogens is 1. The number of anilines is 1. The molecule has 0 spiro atoms. The Labute approximate surface area is 128 Å². The second-order valence-corrected chi connectivity index (χ2v) is 6.17. The van der Waals surface area contributed by atoms with Crippen molar-refractivity contribution in [2.24, 2.45) is 0 Å². The average molecular weight is 298 g/mol. The Balaban J connectivity index is 1.41. The fraction of sp³-hybridized carbons (Fsp3) is 0.235. The van der Waals surface area contributed by atoms with Crippen LogP contribution in [0.1, 0.15) is 24.3 Å². The van der Waals surface area contributed by atoms with Crippen molar-refractivity contribution < 1.29 is 0 Å². The first-order chi connectivity index (χ1) is 10.3. The number of fused-ring (bicyclic) bond motifs is 1. The van der Waals surface area contributed by atoms with Gasteiger partial charge < -0.3 is 5.32 Å². The molecule has 1 fully saturated rings. The number of rotatable bonds is 3. The van der Waals surface area contributed by atoms with Crippen LogP contribution in [0, 0.1) is 0 Å². The van der Waals surface area contributed by atoms with E-state index in [1.165, 1.54) is 11.3 Å². The summed E-state index contributed by atoms with van der Waals surface area (Å²) in [5.41, 5.74) is 3.59. The fourth-order valence-corrected chi connectivity index (χ4v) is 3.24. The lowest BCUT2D eigenvalue weighted by molar-refractivity contribution is 0.374. The molecular formula is C17H16ClN3. The highest BCUT2D eigenvalue weighted by Crippen LogP contribution is 2.39. The molecule has 3 aromatic rings. The van der Waals surface area contributed by atoms with Crippen molar-refractivity contribution in [3.05, 3.63) is 59.2 Å². The van der Waals surface area contributed by atoms with Gasteiger partial charge in [0.2, 0.25) is 0 Å². The van der Waals surface area contributed by atoms with Gasteiger partial charge in [-0.2, -0.15) is 5.10 Å². The maximum Gasteiger partial charge on any atom is 0.0651 e. The number of nitrogens with one attached hydrogen (secondary N) is 2. The van der Waals surface area contributed by atoms with E-state index >= 15 is 0 Å². The fourth-order valence-electron chi connectivity index (χ4n) is 3.04. The quantitative estimate of drug-likeness (QED) is 0.743. The van der Waals surface area contributed by atoms with Crippen LogP contribution in [-0.2, 0) is 0 Å². The maximum absolute atomic E-state index is 6.06. The zero-order valence-corrected chi connectivity index (χ0v) is 12.3. The third kappa shape index (κ3) is 2.49. The highest BCUT2D eigenvalue weighted by molar-refractivity contribution is 6.30. The topological polar surface area (TPSA) is 40.7 Å². The second kappa shape index (κ2) is 5.08. The molecular weight excluding hydrogens is 282 g/mol. The van der Waals surface area contributed by atoms with E-state index in [0.29, 0.717) is 12.0 Å². The summed E-state index contributed by atoms with van der Waals surface area (Å²) < 4.78 is 0. The lowest BCUT2D eigenvalue weighted by Gasteiger charge is -2.37. The molecule has 4 heteroatoms. The summed E-state index contributed by atoms with van der Waals surface area (Å²) in [6.45, 7) is 0. The van der Waals surface area contributed by atoms with Gasteiger partial charge >= 0.3 is 0 Å². The van der Waals surface area contributed by atoms with Crippen molar-refractivity contribution in [1.29, 1.82) is 0 Å². The highest BCUT2D eigenvalue weighted by Gasteiger charge is 2.30. The number of hydrogen-bond acceptors (Lipinski definition) is 2. The summed E-state index contributed by atoms with van der Waals surface area (Å²) in [6, 6.07) is 15.1. The zero-order chi connectivity index (χ0) is 14.2. The van der Waals surface area contributed by atoms with Gasteiger partial charge in [0, 0.05) is 22.1 Å². The Morgan fingerprint density at radius 2 is 2.05 bits per heavy atom. The van der Waals surface area contributed by atoms with Crippen molar-refractivity contribution in [2.45, 2.75) is 24.8 Å².